The Labute approximate surface area is 242 Å². The van der Waals surface area contributed by atoms with Gasteiger partial charge in [-0.3, -0.25) is 4.90 Å². The molecule has 1 N–H and O–H groups in total. The van der Waals surface area contributed by atoms with Crippen LogP contribution in [-0.2, 0) is 6.54 Å². The minimum Gasteiger partial charge on any atom is -0.338 e. The van der Waals surface area contributed by atoms with E-state index in [0.29, 0.717) is 54.4 Å². The van der Waals surface area contributed by atoms with E-state index >= 15 is 0 Å². The van der Waals surface area contributed by atoms with E-state index in [0.717, 1.165) is 39.3 Å². The summed E-state index contributed by atoms with van der Waals surface area (Å²) in [6.07, 6.45) is 0. The van der Waals surface area contributed by atoms with E-state index in [4.69, 9.17) is 56.4 Å². The Morgan fingerprint density at radius 1 is 0.947 bits per heavy atom. The Hall–Kier alpha value is -2.33. The smallest absolute Gasteiger partial charge is 0.328 e. The molecule has 3 aromatic rings. The van der Waals surface area contributed by atoms with Gasteiger partial charge in [-0.15, -0.1) is 0 Å². The summed E-state index contributed by atoms with van der Waals surface area (Å²) in [6, 6.07) is 10.0. The largest absolute Gasteiger partial charge is 0.338 e. The first-order valence-electron chi connectivity index (χ1n) is 12.2. The number of benzene rings is 2. The average Bonchev–Trinajstić information content (AvgIpc) is 2.88. The molecule has 8 nitrogen and oxygen atoms in total. The molecule has 0 spiro atoms. The summed E-state index contributed by atoms with van der Waals surface area (Å²) in [5.41, 5.74) is 2.38. The quantitative estimate of drug-likeness (QED) is 0.389. The Kier molecular flexibility index (Phi) is 8.19. The Morgan fingerprint density at radius 2 is 1.66 bits per heavy atom. The van der Waals surface area contributed by atoms with Gasteiger partial charge >= 0.3 is 6.03 Å². The van der Waals surface area contributed by atoms with Crippen molar-refractivity contribution in [1.29, 1.82) is 0 Å². The number of carbonyl (C=O) groups is 1. The molecule has 3 heterocycles. The third-order valence-corrected chi connectivity index (χ3v) is 7.83. The topological polar surface area (TPSA) is 67.8 Å². The number of anilines is 3. The number of aromatic nitrogens is 2. The summed E-state index contributed by atoms with van der Waals surface area (Å²) in [7, 11) is 4.15. The van der Waals surface area contributed by atoms with Crippen LogP contribution in [0.1, 0.15) is 5.56 Å². The summed E-state index contributed by atoms with van der Waals surface area (Å²) >= 11 is 25.9. The number of para-hydroxylation sites is 1. The molecular weight excluding hydrogens is 568 g/mol. The van der Waals surface area contributed by atoms with Gasteiger partial charge in [-0.2, -0.15) is 4.98 Å². The summed E-state index contributed by atoms with van der Waals surface area (Å²) in [5, 5.41) is 4.55. The predicted octanol–water partition coefficient (Wildman–Crippen LogP) is 5.80. The van der Waals surface area contributed by atoms with E-state index in [2.05, 4.69) is 34.1 Å². The van der Waals surface area contributed by atoms with E-state index in [-0.39, 0.29) is 12.6 Å². The van der Waals surface area contributed by atoms with Crippen molar-refractivity contribution in [3.05, 3.63) is 62.1 Å². The number of amides is 2. The van der Waals surface area contributed by atoms with Crippen LogP contribution < -0.4 is 15.1 Å². The number of fused-ring (bicyclic) bond motifs is 1. The number of nitrogens with one attached hydrogen (secondary N) is 1. The monoisotopic (exact) mass is 593 g/mol. The van der Waals surface area contributed by atoms with Crippen molar-refractivity contribution in [3.63, 3.8) is 0 Å². The van der Waals surface area contributed by atoms with Crippen molar-refractivity contribution in [1.82, 2.24) is 25.1 Å². The molecule has 2 amide bonds. The van der Waals surface area contributed by atoms with Gasteiger partial charge < -0.3 is 15.1 Å². The van der Waals surface area contributed by atoms with Crippen molar-refractivity contribution in [2.75, 3.05) is 63.2 Å². The first kappa shape index (κ1) is 27.2. The number of rotatable bonds is 6. The normalized spacial score (nSPS) is 16.1. The van der Waals surface area contributed by atoms with E-state index in [1.165, 1.54) is 4.90 Å². The van der Waals surface area contributed by atoms with E-state index in [1.807, 2.05) is 6.07 Å². The Morgan fingerprint density at radius 3 is 2.32 bits per heavy atom. The lowest BCUT2D eigenvalue weighted by molar-refractivity contribution is 0.228. The van der Waals surface area contributed by atoms with Gasteiger partial charge in [0.05, 0.1) is 33.0 Å². The third kappa shape index (κ3) is 5.52. The maximum Gasteiger partial charge on any atom is 0.328 e. The molecule has 1 aromatic heterocycles. The number of hydrogen-bond acceptors (Lipinski definition) is 6. The zero-order valence-corrected chi connectivity index (χ0v) is 24.0. The highest BCUT2D eigenvalue weighted by Gasteiger charge is 2.34. The third-order valence-electron chi connectivity index (χ3n) is 6.67. The fourth-order valence-electron chi connectivity index (χ4n) is 4.62. The molecule has 38 heavy (non-hydrogen) atoms. The zero-order valence-electron chi connectivity index (χ0n) is 21.0. The lowest BCUT2D eigenvalue weighted by atomic mass is 10.0. The van der Waals surface area contributed by atoms with Gasteiger partial charge in [0.25, 0.3) is 0 Å². The van der Waals surface area contributed by atoms with Crippen molar-refractivity contribution in [3.8, 4) is 11.3 Å². The molecule has 5 rings (SSSR count). The summed E-state index contributed by atoms with van der Waals surface area (Å²) < 4.78 is 0. The molecule has 2 aliphatic rings. The van der Waals surface area contributed by atoms with E-state index in [9.17, 15) is 4.79 Å². The van der Waals surface area contributed by atoms with Crippen LogP contribution >= 0.6 is 46.4 Å². The number of nitrogens with zero attached hydrogens (tertiary/aromatic N) is 6. The van der Waals surface area contributed by atoms with Crippen LogP contribution in [0.5, 0.6) is 0 Å². The molecule has 1 fully saturated rings. The second kappa shape index (κ2) is 11.4. The zero-order chi connectivity index (χ0) is 27.0. The molecule has 0 saturated carbocycles. The minimum absolute atomic E-state index is 0.222. The molecule has 0 aliphatic carbocycles. The summed E-state index contributed by atoms with van der Waals surface area (Å²) in [4.78, 5) is 31.3. The number of likely N-dealkylation sites (N-methyl/N-ethyl adjacent to an activating group) is 1. The maximum atomic E-state index is 13.2. The van der Waals surface area contributed by atoms with Gasteiger partial charge in [-0.25, -0.2) is 14.7 Å². The fraction of sp³-hybridized carbons (Fsp3) is 0.346. The molecule has 1 saturated heterocycles. The first-order valence-corrected chi connectivity index (χ1v) is 13.7. The van der Waals surface area contributed by atoms with Gasteiger partial charge in [0, 0.05) is 55.4 Å². The fourth-order valence-corrected chi connectivity index (χ4v) is 5.68. The second-order valence-electron chi connectivity index (χ2n) is 9.49. The predicted molar refractivity (Wildman–Crippen MR) is 156 cm³/mol. The van der Waals surface area contributed by atoms with Crippen LogP contribution in [0.15, 0.2) is 36.4 Å². The van der Waals surface area contributed by atoms with Crippen molar-refractivity contribution in [2.45, 2.75) is 6.54 Å². The standard InChI is InChI=1S/C26H27Cl4N7O/c1-34(2)8-9-35-10-12-36(13-11-35)25-32-22(17-7-6-16(27)14-21(17)30)18-15-31-26(38)37(24(18)33-25)23-19(28)4-3-5-20(23)29/h3-7,14H,8-13,15H2,1-2H3,(H,31,38). The van der Waals surface area contributed by atoms with E-state index in [1.54, 1.807) is 30.3 Å². The van der Waals surface area contributed by atoms with Gasteiger partial charge in [0.1, 0.15) is 0 Å². The lowest BCUT2D eigenvalue weighted by Crippen LogP contribution is -2.49. The average molecular weight is 595 g/mol. The van der Waals surface area contributed by atoms with Crippen molar-refractivity contribution in [2.24, 2.45) is 0 Å². The molecule has 12 heteroatoms. The van der Waals surface area contributed by atoms with Crippen LogP contribution in [0.2, 0.25) is 20.1 Å². The molecule has 2 aliphatic heterocycles. The number of urea groups is 1. The van der Waals surface area contributed by atoms with Crippen LogP contribution in [0.25, 0.3) is 11.3 Å². The molecule has 2 aromatic carbocycles. The lowest BCUT2D eigenvalue weighted by Gasteiger charge is -2.37. The number of halogens is 4. The second-order valence-corrected chi connectivity index (χ2v) is 11.2. The number of hydrogen-bond donors (Lipinski definition) is 1. The van der Waals surface area contributed by atoms with Crippen molar-refractivity contribution >= 4 is 69.9 Å². The van der Waals surface area contributed by atoms with Crippen molar-refractivity contribution < 1.29 is 4.79 Å². The van der Waals surface area contributed by atoms with Crippen LogP contribution in [0.4, 0.5) is 22.2 Å². The van der Waals surface area contributed by atoms with Gasteiger partial charge in [-0.05, 0) is 44.4 Å². The number of piperazine rings is 1. The number of carbonyl (C=O) groups excluding carboxylic acids is 1. The van der Waals surface area contributed by atoms with E-state index < -0.39 is 0 Å². The highest BCUT2D eigenvalue weighted by molar-refractivity contribution is 6.40. The van der Waals surface area contributed by atoms with Crippen LogP contribution in [0, 0.1) is 0 Å². The maximum absolute atomic E-state index is 13.2. The summed E-state index contributed by atoms with van der Waals surface area (Å²) in [6.45, 7) is 5.48. The van der Waals surface area contributed by atoms with Gasteiger partial charge in [-0.1, -0.05) is 52.5 Å². The minimum atomic E-state index is -0.376. The SMILES string of the molecule is CN(C)CCN1CCN(c2nc(-c3ccc(Cl)cc3Cl)c3c(n2)N(c2c(Cl)cccc2Cl)C(=O)NC3)CC1. The molecule has 200 valence electrons. The first-order chi connectivity index (χ1) is 18.2. The van der Waals surface area contributed by atoms with Gasteiger partial charge in [0.2, 0.25) is 5.95 Å². The molecule has 0 unspecified atom stereocenters. The molecule has 0 atom stereocenters. The highest BCUT2D eigenvalue weighted by Crippen LogP contribution is 2.43. The molecule has 0 bridgehead atoms. The van der Waals surface area contributed by atoms with Crippen LogP contribution in [0.3, 0.4) is 0 Å². The molecule has 0 radical (unpaired) electrons. The van der Waals surface area contributed by atoms with Crippen LogP contribution in [-0.4, -0.2) is 79.2 Å². The Balaban J connectivity index is 1.61. The molecular formula is C26H27Cl4N7O. The highest BCUT2D eigenvalue weighted by atomic mass is 35.5. The summed E-state index contributed by atoms with van der Waals surface area (Å²) in [5.74, 6) is 0.935. The Bertz CT molecular complexity index is 1340. The van der Waals surface area contributed by atoms with Gasteiger partial charge in [0.15, 0.2) is 5.82 Å².